The number of aromatic nitrogens is 1. The summed E-state index contributed by atoms with van der Waals surface area (Å²) in [6, 6.07) is 13.5. The van der Waals surface area contributed by atoms with Crippen molar-refractivity contribution in [1.82, 2.24) is 9.47 Å². The molecular formula is C27H30N2O5. The summed E-state index contributed by atoms with van der Waals surface area (Å²) in [5, 5.41) is 24.9. The molecule has 0 bridgehead atoms. The minimum atomic E-state index is -1.22. The van der Waals surface area contributed by atoms with E-state index in [1.54, 1.807) is 19.9 Å². The predicted molar refractivity (Wildman–Crippen MR) is 134 cm³/mol. The van der Waals surface area contributed by atoms with Crippen molar-refractivity contribution in [1.29, 1.82) is 0 Å². The number of aryl methyl sites for hydroxylation is 1. The third-order valence-corrected chi connectivity index (χ3v) is 6.77. The van der Waals surface area contributed by atoms with Gasteiger partial charge in [0, 0.05) is 25.0 Å². The Kier molecular flexibility index (Phi) is 5.31. The van der Waals surface area contributed by atoms with Gasteiger partial charge in [-0.2, -0.15) is 0 Å². The van der Waals surface area contributed by atoms with E-state index in [4.69, 9.17) is 9.47 Å². The maximum Gasteiger partial charge on any atom is 0.201 e. The van der Waals surface area contributed by atoms with Crippen LogP contribution in [0.25, 0.3) is 32.6 Å². The highest BCUT2D eigenvalue weighted by Crippen LogP contribution is 2.46. The molecule has 34 heavy (non-hydrogen) atoms. The third kappa shape index (κ3) is 3.43. The Morgan fingerprint density at radius 3 is 2.47 bits per heavy atom. The van der Waals surface area contributed by atoms with E-state index in [9.17, 15) is 15.0 Å². The summed E-state index contributed by atoms with van der Waals surface area (Å²) in [5.74, 6) is 0.816. The molecule has 0 saturated carbocycles. The van der Waals surface area contributed by atoms with Gasteiger partial charge < -0.3 is 29.2 Å². The number of benzene rings is 3. The van der Waals surface area contributed by atoms with Crippen molar-refractivity contribution in [3.05, 3.63) is 58.3 Å². The molecule has 0 amide bonds. The maximum atomic E-state index is 13.9. The molecule has 0 saturated heterocycles. The maximum absolute atomic E-state index is 13.9. The number of pyridine rings is 1. The summed E-state index contributed by atoms with van der Waals surface area (Å²) in [4.78, 5) is 15.9. The van der Waals surface area contributed by atoms with Crippen molar-refractivity contribution in [3.8, 4) is 11.5 Å². The Labute approximate surface area is 197 Å². The van der Waals surface area contributed by atoms with E-state index in [0.717, 1.165) is 16.3 Å². The van der Waals surface area contributed by atoms with Crippen molar-refractivity contribution in [2.24, 2.45) is 7.05 Å². The minimum absolute atomic E-state index is 0.178. The highest BCUT2D eigenvalue weighted by atomic mass is 16.5. The van der Waals surface area contributed by atoms with Gasteiger partial charge in [0.05, 0.1) is 22.0 Å². The van der Waals surface area contributed by atoms with E-state index in [0.29, 0.717) is 46.5 Å². The van der Waals surface area contributed by atoms with Gasteiger partial charge in [-0.05, 0) is 50.8 Å². The summed E-state index contributed by atoms with van der Waals surface area (Å²) < 4.78 is 14.2. The lowest BCUT2D eigenvalue weighted by Gasteiger charge is -2.40. The first kappa shape index (κ1) is 22.7. The molecule has 2 N–H and O–H groups in total. The summed E-state index contributed by atoms with van der Waals surface area (Å²) >= 11 is 0. The fourth-order valence-electron chi connectivity index (χ4n) is 4.85. The molecule has 0 fully saturated rings. The molecule has 0 aliphatic carbocycles. The number of aliphatic hydroxyl groups excluding tert-OH is 2. The fourth-order valence-corrected chi connectivity index (χ4v) is 4.85. The number of nitrogens with zero attached hydrogens (tertiary/aromatic N) is 2. The largest absolute Gasteiger partial charge is 0.491 e. The van der Waals surface area contributed by atoms with E-state index >= 15 is 0 Å². The Hall–Kier alpha value is -3.13. The van der Waals surface area contributed by atoms with Crippen LogP contribution in [0.2, 0.25) is 0 Å². The normalized spacial score (nSPS) is 19.5. The van der Waals surface area contributed by atoms with E-state index < -0.39 is 17.8 Å². The average molecular weight is 463 g/mol. The summed E-state index contributed by atoms with van der Waals surface area (Å²) in [5.41, 5.74) is 0.453. The fraction of sp³-hybridized carbons (Fsp3) is 0.370. The number of hydrogen-bond acceptors (Lipinski definition) is 6. The van der Waals surface area contributed by atoms with Gasteiger partial charge >= 0.3 is 0 Å². The molecule has 5 rings (SSSR count). The lowest BCUT2D eigenvalue weighted by Crippen LogP contribution is -2.49. The molecule has 2 atom stereocenters. The quantitative estimate of drug-likeness (QED) is 0.453. The first-order valence-electron chi connectivity index (χ1n) is 11.4. The molecule has 0 unspecified atom stereocenters. The van der Waals surface area contributed by atoms with Crippen LogP contribution < -0.4 is 14.9 Å². The number of aliphatic hydroxyl groups is 2. The van der Waals surface area contributed by atoms with Gasteiger partial charge in [-0.3, -0.25) is 4.79 Å². The molecule has 0 radical (unpaired) electrons. The van der Waals surface area contributed by atoms with Gasteiger partial charge in [-0.25, -0.2) is 0 Å². The molecule has 7 heteroatoms. The summed E-state index contributed by atoms with van der Waals surface area (Å²) in [6.07, 6.45) is -2.38. The Bertz CT molecular complexity index is 1490. The summed E-state index contributed by atoms with van der Waals surface area (Å²) in [7, 11) is 5.77. The number of fused-ring (bicyclic) bond motifs is 5. The van der Waals surface area contributed by atoms with Crippen LogP contribution in [0.4, 0.5) is 0 Å². The predicted octanol–water partition coefficient (Wildman–Crippen LogP) is 3.35. The molecule has 178 valence electrons. The van der Waals surface area contributed by atoms with Crippen molar-refractivity contribution in [2.75, 3.05) is 27.2 Å². The molecule has 4 aromatic rings. The number of rotatable bonds is 4. The zero-order valence-electron chi connectivity index (χ0n) is 20.1. The Morgan fingerprint density at radius 1 is 1.12 bits per heavy atom. The molecule has 0 spiro atoms. The SMILES string of the molecule is CN(C)CCOc1cc2c(c3c1c(=O)c1cc4ccccc4cc1n3C)[C@@H](O)[C@@H](O)C(C)(C)O2. The number of ether oxygens (including phenoxy) is 2. The smallest absolute Gasteiger partial charge is 0.201 e. The second-order valence-corrected chi connectivity index (χ2v) is 9.86. The van der Waals surface area contributed by atoms with Crippen molar-refractivity contribution < 1.29 is 19.7 Å². The molecular weight excluding hydrogens is 432 g/mol. The molecule has 2 heterocycles. The molecule has 3 aromatic carbocycles. The van der Waals surface area contributed by atoms with E-state index in [2.05, 4.69) is 0 Å². The van der Waals surface area contributed by atoms with Gasteiger partial charge in [0.25, 0.3) is 0 Å². The third-order valence-electron chi connectivity index (χ3n) is 6.77. The molecule has 7 nitrogen and oxygen atoms in total. The van der Waals surface area contributed by atoms with E-state index in [1.165, 1.54) is 0 Å². The van der Waals surface area contributed by atoms with Gasteiger partial charge in [0.1, 0.15) is 35.9 Å². The molecule has 1 aliphatic rings. The van der Waals surface area contributed by atoms with Crippen molar-refractivity contribution >= 4 is 32.6 Å². The standard InChI is InChI=1S/C27H30N2O5/c1-27(2)26(32)25(31)22-20(34-27)14-19(33-11-10-28(3)4)21-23(22)29(5)18-13-16-9-7-6-8-15(16)12-17(18)24(21)30/h6-9,12-14,25-26,31-32H,10-11H2,1-5H3/t25-,26-/m1/s1. The zero-order chi connectivity index (χ0) is 24.4. The van der Waals surface area contributed by atoms with E-state index in [-0.39, 0.29) is 5.43 Å². The van der Waals surface area contributed by atoms with Crippen LogP contribution in [0.15, 0.2) is 47.3 Å². The van der Waals surface area contributed by atoms with E-state index in [1.807, 2.05) is 67.0 Å². The lowest BCUT2D eigenvalue weighted by atomic mass is 9.86. The van der Waals surface area contributed by atoms with Gasteiger partial charge in [-0.1, -0.05) is 24.3 Å². The lowest BCUT2D eigenvalue weighted by molar-refractivity contribution is -0.111. The van der Waals surface area contributed by atoms with Crippen LogP contribution in [0.1, 0.15) is 25.5 Å². The highest BCUT2D eigenvalue weighted by molar-refractivity contribution is 6.04. The van der Waals surface area contributed by atoms with Gasteiger partial charge in [0.15, 0.2) is 0 Å². The number of hydrogen-bond donors (Lipinski definition) is 2. The second-order valence-electron chi connectivity index (χ2n) is 9.86. The van der Waals surface area contributed by atoms with Crippen molar-refractivity contribution in [2.45, 2.75) is 31.7 Å². The average Bonchev–Trinajstić information content (AvgIpc) is 2.79. The zero-order valence-corrected chi connectivity index (χ0v) is 20.1. The van der Waals surface area contributed by atoms with Crippen LogP contribution in [0.3, 0.4) is 0 Å². The van der Waals surface area contributed by atoms with Gasteiger partial charge in [-0.15, -0.1) is 0 Å². The van der Waals surface area contributed by atoms with Crippen LogP contribution >= 0.6 is 0 Å². The molecule has 1 aromatic heterocycles. The van der Waals surface area contributed by atoms with Gasteiger partial charge in [0.2, 0.25) is 5.43 Å². The van der Waals surface area contributed by atoms with Crippen LogP contribution in [-0.4, -0.2) is 58.6 Å². The van der Waals surface area contributed by atoms with Crippen LogP contribution in [-0.2, 0) is 7.05 Å². The molecule has 1 aliphatic heterocycles. The Morgan fingerprint density at radius 2 is 1.79 bits per heavy atom. The summed E-state index contributed by atoms with van der Waals surface area (Å²) in [6.45, 7) is 4.51. The van der Waals surface area contributed by atoms with Crippen LogP contribution in [0, 0.1) is 0 Å². The topological polar surface area (TPSA) is 84.2 Å². The monoisotopic (exact) mass is 462 g/mol. The number of likely N-dealkylation sites (N-methyl/N-ethyl adjacent to an activating group) is 1. The Balaban J connectivity index is 1.89. The highest BCUT2D eigenvalue weighted by Gasteiger charge is 2.44. The first-order valence-corrected chi connectivity index (χ1v) is 11.4. The minimum Gasteiger partial charge on any atom is -0.491 e. The van der Waals surface area contributed by atoms with Crippen LogP contribution in [0.5, 0.6) is 11.5 Å². The van der Waals surface area contributed by atoms with Crippen molar-refractivity contribution in [3.63, 3.8) is 0 Å². The first-order chi connectivity index (χ1) is 16.1. The second kappa shape index (κ2) is 7.98.